The van der Waals surface area contributed by atoms with Crippen LogP contribution in [-0.4, -0.2) is 9.78 Å². The largest absolute Gasteiger partial charge is 0.383 e. The lowest BCUT2D eigenvalue weighted by molar-refractivity contribution is 0.513. The van der Waals surface area contributed by atoms with Crippen molar-refractivity contribution in [1.82, 2.24) is 9.78 Å². The van der Waals surface area contributed by atoms with E-state index in [2.05, 4.69) is 56.0 Å². The number of aromatic nitrogens is 2. The molecule has 1 atom stereocenters. The Hall–Kier alpha value is -0.810. The van der Waals surface area contributed by atoms with Gasteiger partial charge in [0.1, 0.15) is 5.82 Å². The molecular formula is C13H15Br2N3. The van der Waals surface area contributed by atoms with E-state index in [1.807, 2.05) is 23.7 Å². The minimum absolute atomic E-state index is 0.170. The van der Waals surface area contributed by atoms with Crippen molar-refractivity contribution in [3.63, 3.8) is 0 Å². The molecule has 0 aliphatic heterocycles. The van der Waals surface area contributed by atoms with Gasteiger partial charge >= 0.3 is 0 Å². The standard InChI is InChI=1S/C13H15Br2N3/c1-3-11(9-4-6-10(14)7-5-9)18-13(16)12(15)8(2)17-18/h4-7,11H,3,16H2,1-2H3. The second-order valence-electron chi connectivity index (χ2n) is 4.20. The van der Waals surface area contributed by atoms with Crippen molar-refractivity contribution < 1.29 is 0 Å². The minimum Gasteiger partial charge on any atom is -0.383 e. The molecule has 0 fully saturated rings. The monoisotopic (exact) mass is 371 g/mol. The molecule has 2 rings (SSSR count). The van der Waals surface area contributed by atoms with Gasteiger partial charge in [-0.05, 0) is 47.0 Å². The molecule has 0 amide bonds. The Morgan fingerprint density at radius 3 is 2.33 bits per heavy atom. The van der Waals surface area contributed by atoms with Gasteiger partial charge in [0, 0.05) is 4.47 Å². The van der Waals surface area contributed by atoms with E-state index in [1.165, 1.54) is 5.56 Å². The predicted octanol–water partition coefficient (Wildman–Crippen LogP) is 4.30. The Labute approximate surface area is 124 Å². The van der Waals surface area contributed by atoms with Crippen LogP contribution in [-0.2, 0) is 0 Å². The van der Waals surface area contributed by atoms with Crippen molar-refractivity contribution >= 4 is 37.7 Å². The fourth-order valence-electron chi connectivity index (χ4n) is 2.02. The van der Waals surface area contributed by atoms with Gasteiger partial charge in [-0.2, -0.15) is 5.10 Å². The summed E-state index contributed by atoms with van der Waals surface area (Å²) in [7, 11) is 0. The molecule has 1 unspecified atom stereocenters. The maximum atomic E-state index is 6.09. The fourth-order valence-corrected chi connectivity index (χ4v) is 2.54. The van der Waals surface area contributed by atoms with Crippen LogP contribution in [0.4, 0.5) is 5.82 Å². The molecule has 0 saturated heterocycles. The number of nitrogens with zero attached hydrogens (tertiary/aromatic N) is 2. The highest BCUT2D eigenvalue weighted by Gasteiger charge is 2.18. The second-order valence-corrected chi connectivity index (χ2v) is 5.91. The first-order valence-corrected chi connectivity index (χ1v) is 7.38. The number of anilines is 1. The SMILES string of the molecule is CCC(c1ccc(Br)cc1)n1nc(C)c(Br)c1N. The van der Waals surface area contributed by atoms with Crippen LogP contribution in [0.5, 0.6) is 0 Å². The van der Waals surface area contributed by atoms with Crippen molar-refractivity contribution in [2.45, 2.75) is 26.3 Å². The molecule has 0 saturated carbocycles. The average molecular weight is 373 g/mol. The Morgan fingerprint density at radius 2 is 1.89 bits per heavy atom. The molecule has 3 nitrogen and oxygen atoms in total. The van der Waals surface area contributed by atoms with Crippen molar-refractivity contribution in [2.75, 3.05) is 5.73 Å². The second kappa shape index (κ2) is 5.45. The topological polar surface area (TPSA) is 43.8 Å². The van der Waals surface area contributed by atoms with Gasteiger partial charge in [0.05, 0.1) is 16.2 Å². The normalized spacial score (nSPS) is 12.7. The number of nitrogens with two attached hydrogens (primary N) is 1. The maximum Gasteiger partial charge on any atom is 0.137 e. The van der Waals surface area contributed by atoms with Gasteiger partial charge in [0.15, 0.2) is 0 Å². The van der Waals surface area contributed by atoms with E-state index in [4.69, 9.17) is 5.73 Å². The first-order chi connectivity index (χ1) is 8.54. The Bertz CT molecular complexity index is 546. The summed E-state index contributed by atoms with van der Waals surface area (Å²) in [6.07, 6.45) is 0.944. The third kappa shape index (κ3) is 2.47. The molecular weight excluding hydrogens is 358 g/mol. The molecule has 1 heterocycles. The van der Waals surface area contributed by atoms with Crippen molar-refractivity contribution in [2.24, 2.45) is 0 Å². The minimum atomic E-state index is 0.170. The summed E-state index contributed by atoms with van der Waals surface area (Å²) in [5.74, 6) is 0.683. The Balaban J connectivity index is 2.45. The van der Waals surface area contributed by atoms with Crippen LogP contribution in [0.1, 0.15) is 30.6 Å². The lowest BCUT2D eigenvalue weighted by Gasteiger charge is -2.17. The van der Waals surface area contributed by atoms with Crippen molar-refractivity contribution in [3.8, 4) is 0 Å². The number of benzene rings is 1. The highest BCUT2D eigenvalue weighted by molar-refractivity contribution is 9.10. The zero-order valence-corrected chi connectivity index (χ0v) is 13.5. The van der Waals surface area contributed by atoms with Crippen molar-refractivity contribution in [1.29, 1.82) is 0 Å². The van der Waals surface area contributed by atoms with Gasteiger partial charge in [0.25, 0.3) is 0 Å². The molecule has 2 aromatic rings. The third-order valence-corrected chi connectivity index (χ3v) is 4.49. The summed E-state index contributed by atoms with van der Waals surface area (Å²) in [6.45, 7) is 4.09. The van der Waals surface area contributed by atoms with Crippen molar-refractivity contribution in [3.05, 3.63) is 44.5 Å². The van der Waals surface area contributed by atoms with Crippen LogP contribution >= 0.6 is 31.9 Å². The van der Waals surface area contributed by atoms with E-state index < -0.39 is 0 Å². The summed E-state index contributed by atoms with van der Waals surface area (Å²) in [5.41, 5.74) is 8.22. The molecule has 1 aromatic heterocycles. The summed E-state index contributed by atoms with van der Waals surface area (Å²) in [6, 6.07) is 8.45. The fraction of sp³-hybridized carbons (Fsp3) is 0.308. The van der Waals surface area contributed by atoms with Crippen LogP contribution < -0.4 is 5.73 Å². The van der Waals surface area contributed by atoms with Gasteiger partial charge in [-0.25, -0.2) is 4.68 Å². The molecule has 0 bridgehead atoms. The summed E-state index contributed by atoms with van der Waals surface area (Å²) in [4.78, 5) is 0. The highest BCUT2D eigenvalue weighted by atomic mass is 79.9. The summed E-state index contributed by atoms with van der Waals surface area (Å²) < 4.78 is 3.85. The first kappa shape index (κ1) is 13.6. The Morgan fingerprint density at radius 1 is 1.28 bits per heavy atom. The van der Waals surface area contributed by atoms with Gasteiger partial charge in [0.2, 0.25) is 0 Å². The average Bonchev–Trinajstić information content (AvgIpc) is 2.61. The van der Waals surface area contributed by atoms with E-state index in [-0.39, 0.29) is 6.04 Å². The van der Waals surface area contributed by atoms with E-state index in [9.17, 15) is 0 Å². The third-order valence-electron chi connectivity index (χ3n) is 2.98. The molecule has 0 aliphatic carbocycles. The molecule has 0 spiro atoms. The number of nitrogen functional groups attached to an aromatic ring is 1. The lowest BCUT2D eigenvalue weighted by atomic mass is 10.1. The summed E-state index contributed by atoms with van der Waals surface area (Å²) in [5, 5.41) is 4.51. The smallest absolute Gasteiger partial charge is 0.137 e. The van der Waals surface area contributed by atoms with Crippen LogP contribution in [0.15, 0.2) is 33.2 Å². The highest BCUT2D eigenvalue weighted by Crippen LogP contribution is 2.30. The zero-order chi connectivity index (χ0) is 13.3. The molecule has 2 N–H and O–H groups in total. The lowest BCUT2D eigenvalue weighted by Crippen LogP contribution is -2.14. The van der Waals surface area contributed by atoms with Gasteiger partial charge in [-0.15, -0.1) is 0 Å². The van der Waals surface area contributed by atoms with Gasteiger partial charge < -0.3 is 5.73 Å². The number of hydrogen-bond acceptors (Lipinski definition) is 2. The number of hydrogen-bond donors (Lipinski definition) is 1. The molecule has 18 heavy (non-hydrogen) atoms. The maximum absolute atomic E-state index is 6.09. The predicted molar refractivity (Wildman–Crippen MR) is 81.6 cm³/mol. The number of halogens is 2. The van der Waals surface area contributed by atoms with Gasteiger partial charge in [-0.3, -0.25) is 0 Å². The molecule has 0 radical (unpaired) electrons. The summed E-state index contributed by atoms with van der Waals surface area (Å²) >= 11 is 6.91. The first-order valence-electron chi connectivity index (χ1n) is 5.80. The van der Waals surface area contributed by atoms with E-state index in [0.717, 1.165) is 21.1 Å². The quantitative estimate of drug-likeness (QED) is 0.872. The number of aryl methyl sites for hydroxylation is 1. The molecule has 0 aliphatic rings. The van der Waals surface area contributed by atoms with E-state index >= 15 is 0 Å². The molecule has 96 valence electrons. The Kier molecular flexibility index (Phi) is 4.12. The molecule has 1 aromatic carbocycles. The van der Waals surface area contributed by atoms with E-state index in [1.54, 1.807) is 0 Å². The zero-order valence-electron chi connectivity index (χ0n) is 10.3. The van der Waals surface area contributed by atoms with Crippen LogP contribution in [0.25, 0.3) is 0 Å². The molecule has 5 heteroatoms. The van der Waals surface area contributed by atoms with Crippen LogP contribution in [0.2, 0.25) is 0 Å². The van der Waals surface area contributed by atoms with Crippen LogP contribution in [0.3, 0.4) is 0 Å². The van der Waals surface area contributed by atoms with Gasteiger partial charge in [-0.1, -0.05) is 35.0 Å². The number of rotatable bonds is 3. The van der Waals surface area contributed by atoms with E-state index in [0.29, 0.717) is 5.82 Å². The van der Waals surface area contributed by atoms with Crippen LogP contribution in [0, 0.1) is 6.92 Å².